The van der Waals surface area contributed by atoms with Gasteiger partial charge >= 0.3 is 0 Å². The van der Waals surface area contributed by atoms with Crippen LogP contribution in [0.15, 0.2) is 24.3 Å². The van der Waals surface area contributed by atoms with E-state index in [1.807, 2.05) is 12.1 Å². The van der Waals surface area contributed by atoms with Crippen LogP contribution in [0.1, 0.15) is 46.1 Å². The van der Waals surface area contributed by atoms with Crippen molar-refractivity contribution in [2.45, 2.75) is 53.1 Å². The second-order valence-corrected chi connectivity index (χ2v) is 5.24. The van der Waals surface area contributed by atoms with Crippen molar-refractivity contribution in [1.82, 2.24) is 5.32 Å². The molecular formula is C16H26N2O. The fraction of sp³-hybridized carbons (Fsp3) is 0.562. The average Bonchev–Trinajstić information content (AvgIpc) is 2.39. The summed E-state index contributed by atoms with van der Waals surface area (Å²) in [6, 6.07) is 8.53. The van der Waals surface area contributed by atoms with Gasteiger partial charge in [-0.15, -0.1) is 0 Å². The molecule has 0 spiro atoms. The number of hydrogen-bond donors (Lipinski definition) is 2. The van der Waals surface area contributed by atoms with Gasteiger partial charge in [-0.1, -0.05) is 39.8 Å². The Labute approximate surface area is 116 Å². The van der Waals surface area contributed by atoms with E-state index in [1.54, 1.807) is 0 Å². The van der Waals surface area contributed by atoms with Crippen LogP contribution in [0, 0.1) is 5.92 Å². The molecule has 3 heteroatoms. The number of amides is 1. The van der Waals surface area contributed by atoms with Crippen LogP contribution in [0.25, 0.3) is 0 Å². The Morgan fingerprint density at radius 2 is 1.68 bits per heavy atom. The molecule has 1 rings (SSSR count). The van der Waals surface area contributed by atoms with Gasteiger partial charge in [0.1, 0.15) is 0 Å². The van der Waals surface area contributed by atoms with Gasteiger partial charge in [0.15, 0.2) is 0 Å². The first-order valence-corrected chi connectivity index (χ1v) is 7.20. The van der Waals surface area contributed by atoms with Gasteiger partial charge in [0.2, 0.25) is 5.91 Å². The first-order chi connectivity index (χ1) is 9.06. The van der Waals surface area contributed by atoms with E-state index in [1.165, 1.54) is 5.56 Å². The molecule has 19 heavy (non-hydrogen) atoms. The van der Waals surface area contributed by atoms with Crippen LogP contribution < -0.4 is 10.6 Å². The van der Waals surface area contributed by atoms with Gasteiger partial charge in [-0.05, 0) is 30.5 Å². The number of carbonyl (C=O) groups excluding carboxylic acids is 1. The normalized spacial score (nSPS) is 11.1. The van der Waals surface area contributed by atoms with Crippen LogP contribution in [0.4, 0.5) is 5.69 Å². The standard InChI is InChI=1S/C16H26N2O/c1-5-14(6-2)16(19)18-15-9-7-13(8-10-15)11-17-12(3)4/h7-10,12,14,17H,5-6,11H2,1-4H3,(H,18,19). The molecule has 0 aromatic heterocycles. The van der Waals surface area contributed by atoms with Crippen LogP contribution in [0.2, 0.25) is 0 Å². The molecule has 3 nitrogen and oxygen atoms in total. The molecule has 0 aliphatic rings. The van der Waals surface area contributed by atoms with Crippen LogP contribution in [0.3, 0.4) is 0 Å². The van der Waals surface area contributed by atoms with Crippen molar-refractivity contribution in [2.24, 2.45) is 5.92 Å². The molecule has 0 atom stereocenters. The Bertz CT molecular complexity index is 380. The van der Waals surface area contributed by atoms with Crippen LogP contribution in [0.5, 0.6) is 0 Å². The first-order valence-electron chi connectivity index (χ1n) is 7.20. The molecular weight excluding hydrogens is 236 g/mol. The van der Waals surface area contributed by atoms with E-state index in [4.69, 9.17) is 0 Å². The predicted molar refractivity (Wildman–Crippen MR) is 81.1 cm³/mol. The summed E-state index contributed by atoms with van der Waals surface area (Å²) in [6.07, 6.45) is 1.78. The van der Waals surface area contributed by atoms with E-state index < -0.39 is 0 Å². The average molecular weight is 262 g/mol. The van der Waals surface area contributed by atoms with Gasteiger partial charge in [-0.25, -0.2) is 0 Å². The van der Waals surface area contributed by atoms with Gasteiger partial charge in [-0.3, -0.25) is 4.79 Å². The van der Waals surface area contributed by atoms with Crippen LogP contribution in [-0.2, 0) is 11.3 Å². The first kappa shape index (κ1) is 15.7. The third-order valence-electron chi connectivity index (χ3n) is 3.29. The van der Waals surface area contributed by atoms with Crippen molar-refractivity contribution in [3.8, 4) is 0 Å². The number of benzene rings is 1. The largest absolute Gasteiger partial charge is 0.326 e. The number of nitrogens with one attached hydrogen (secondary N) is 2. The summed E-state index contributed by atoms with van der Waals surface area (Å²) in [7, 11) is 0. The number of hydrogen-bond acceptors (Lipinski definition) is 2. The lowest BCUT2D eigenvalue weighted by molar-refractivity contribution is -0.120. The minimum Gasteiger partial charge on any atom is -0.326 e. The fourth-order valence-corrected chi connectivity index (χ4v) is 1.93. The minimum atomic E-state index is 0.113. The Balaban J connectivity index is 2.54. The molecule has 1 aromatic carbocycles. The van der Waals surface area contributed by atoms with Crippen molar-refractivity contribution < 1.29 is 4.79 Å². The molecule has 106 valence electrons. The second-order valence-electron chi connectivity index (χ2n) is 5.24. The lowest BCUT2D eigenvalue weighted by atomic mass is 10.0. The molecule has 1 aromatic rings. The monoisotopic (exact) mass is 262 g/mol. The Morgan fingerprint density at radius 3 is 2.16 bits per heavy atom. The molecule has 0 aliphatic carbocycles. The minimum absolute atomic E-state index is 0.113. The predicted octanol–water partition coefficient (Wildman–Crippen LogP) is 3.56. The number of anilines is 1. The Kier molecular flexibility index (Phi) is 6.57. The van der Waals surface area contributed by atoms with Gasteiger partial charge in [0.25, 0.3) is 0 Å². The summed E-state index contributed by atoms with van der Waals surface area (Å²) in [5.41, 5.74) is 2.11. The van der Waals surface area contributed by atoms with Crippen molar-refractivity contribution in [2.75, 3.05) is 5.32 Å². The maximum Gasteiger partial charge on any atom is 0.227 e. The zero-order chi connectivity index (χ0) is 14.3. The summed E-state index contributed by atoms with van der Waals surface area (Å²) in [5.74, 6) is 0.236. The van der Waals surface area contributed by atoms with Crippen LogP contribution in [-0.4, -0.2) is 11.9 Å². The van der Waals surface area contributed by atoms with E-state index >= 15 is 0 Å². The molecule has 2 N–H and O–H groups in total. The third-order valence-corrected chi connectivity index (χ3v) is 3.29. The maximum absolute atomic E-state index is 12.0. The van der Waals surface area contributed by atoms with Crippen molar-refractivity contribution in [3.05, 3.63) is 29.8 Å². The summed E-state index contributed by atoms with van der Waals surface area (Å²) >= 11 is 0. The fourth-order valence-electron chi connectivity index (χ4n) is 1.93. The molecule has 0 radical (unpaired) electrons. The summed E-state index contributed by atoms with van der Waals surface area (Å²) in [5, 5.41) is 6.35. The third kappa shape index (κ3) is 5.43. The van der Waals surface area contributed by atoms with Crippen molar-refractivity contribution in [3.63, 3.8) is 0 Å². The highest BCUT2D eigenvalue weighted by molar-refractivity contribution is 5.92. The van der Waals surface area contributed by atoms with Crippen molar-refractivity contribution in [1.29, 1.82) is 0 Å². The molecule has 0 aliphatic heterocycles. The lowest BCUT2D eigenvalue weighted by Gasteiger charge is -2.13. The summed E-state index contributed by atoms with van der Waals surface area (Å²) in [6.45, 7) is 9.22. The van der Waals surface area contributed by atoms with Crippen molar-refractivity contribution >= 4 is 11.6 Å². The molecule has 0 bridgehead atoms. The SMILES string of the molecule is CCC(CC)C(=O)Nc1ccc(CNC(C)C)cc1. The highest BCUT2D eigenvalue weighted by Gasteiger charge is 2.13. The summed E-state index contributed by atoms with van der Waals surface area (Å²) in [4.78, 5) is 12.0. The zero-order valence-electron chi connectivity index (χ0n) is 12.5. The Morgan fingerprint density at radius 1 is 1.11 bits per heavy atom. The van der Waals surface area contributed by atoms with E-state index in [9.17, 15) is 4.79 Å². The van der Waals surface area contributed by atoms with E-state index in [0.29, 0.717) is 6.04 Å². The second kappa shape index (κ2) is 7.95. The van der Waals surface area contributed by atoms with E-state index in [-0.39, 0.29) is 11.8 Å². The van der Waals surface area contributed by atoms with Gasteiger partial charge in [-0.2, -0.15) is 0 Å². The molecule has 0 unspecified atom stereocenters. The maximum atomic E-state index is 12.0. The van der Waals surface area contributed by atoms with E-state index in [2.05, 4.69) is 50.5 Å². The van der Waals surface area contributed by atoms with Crippen LogP contribution >= 0.6 is 0 Å². The smallest absolute Gasteiger partial charge is 0.227 e. The zero-order valence-corrected chi connectivity index (χ0v) is 12.5. The number of carbonyl (C=O) groups is 1. The molecule has 0 fully saturated rings. The van der Waals surface area contributed by atoms with Gasteiger partial charge in [0.05, 0.1) is 0 Å². The molecule has 0 heterocycles. The summed E-state index contributed by atoms with van der Waals surface area (Å²) < 4.78 is 0. The van der Waals surface area contributed by atoms with Gasteiger partial charge in [0, 0.05) is 24.2 Å². The lowest BCUT2D eigenvalue weighted by Crippen LogP contribution is -2.22. The topological polar surface area (TPSA) is 41.1 Å². The number of rotatable bonds is 7. The molecule has 1 amide bonds. The molecule has 0 saturated heterocycles. The molecule has 0 saturated carbocycles. The van der Waals surface area contributed by atoms with Gasteiger partial charge < -0.3 is 10.6 Å². The Hall–Kier alpha value is -1.35. The quantitative estimate of drug-likeness (QED) is 0.789. The highest BCUT2D eigenvalue weighted by Crippen LogP contribution is 2.14. The highest BCUT2D eigenvalue weighted by atomic mass is 16.1. The van der Waals surface area contributed by atoms with E-state index in [0.717, 1.165) is 25.1 Å².